The molecule has 168 valence electrons. The van der Waals surface area contributed by atoms with E-state index in [1.54, 1.807) is 24.3 Å². The van der Waals surface area contributed by atoms with Crippen LogP contribution < -0.4 is 10.1 Å². The van der Waals surface area contributed by atoms with Gasteiger partial charge in [0.25, 0.3) is 0 Å². The van der Waals surface area contributed by atoms with Gasteiger partial charge in [-0.25, -0.2) is 4.98 Å². The van der Waals surface area contributed by atoms with Gasteiger partial charge in [0.1, 0.15) is 11.8 Å². The van der Waals surface area contributed by atoms with Crippen LogP contribution in [-0.2, 0) is 22.2 Å². The van der Waals surface area contributed by atoms with Crippen LogP contribution in [0.5, 0.6) is 5.75 Å². The third-order valence-corrected chi connectivity index (χ3v) is 5.30. The summed E-state index contributed by atoms with van der Waals surface area (Å²) in [5.74, 6) is -1.58. The zero-order chi connectivity index (χ0) is 22.8. The maximum atomic E-state index is 13.7. The Hall–Kier alpha value is -3.08. The lowest BCUT2D eigenvalue weighted by Crippen LogP contribution is -2.50. The second-order valence-corrected chi connectivity index (χ2v) is 7.36. The minimum Gasteiger partial charge on any atom is -0.497 e. The fourth-order valence-corrected chi connectivity index (χ4v) is 3.63. The normalized spacial score (nSPS) is 18.5. The summed E-state index contributed by atoms with van der Waals surface area (Å²) in [5.41, 5.74) is -3.01. The molecule has 8 nitrogen and oxygen atoms in total. The topological polar surface area (TPSA) is 96.7 Å². The maximum absolute atomic E-state index is 13.7. The van der Waals surface area contributed by atoms with Crippen LogP contribution in [-0.4, -0.2) is 57.2 Å². The van der Waals surface area contributed by atoms with Gasteiger partial charge in [0, 0.05) is 31.7 Å². The van der Waals surface area contributed by atoms with E-state index in [0.717, 1.165) is 15.7 Å². The summed E-state index contributed by atoms with van der Waals surface area (Å²) in [5, 5.41) is 13.1. The Balaban J connectivity index is 1.76. The number of aryl methyl sites for hydroxylation is 1. The van der Waals surface area contributed by atoms with Crippen LogP contribution in [0.25, 0.3) is 0 Å². The number of aliphatic hydroxyl groups is 1. The van der Waals surface area contributed by atoms with Gasteiger partial charge in [-0.1, -0.05) is 0 Å². The Bertz CT molecular complexity index is 945. The number of likely N-dealkylation sites (tertiary alicyclic amines) is 1. The predicted octanol–water partition coefficient (Wildman–Crippen LogP) is 2.20. The number of hydrogen-bond donors (Lipinski definition) is 2. The van der Waals surface area contributed by atoms with Crippen LogP contribution in [0.1, 0.15) is 25.1 Å². The first-order valence-corrected chi connectivity index (χ1v) is 9.58. The summed E-state index contributed by atoms with van der Waals surface area (Å²) in [4.78, 5) is 30.2. The van der Waals surface area contributed by atoms with Gasteiger partial charge >= 0.3 is 6.18 Å². The van der Waals surface area contributed by atoms with Crippen molar-refractivity contribution in [3.05, 3.63) is 42.5 Å². The fraction of sp³-hybridized carbons (Fsp3) is 0.450. The number of benzene rings is 1. The van der Waals surface area contributed by atoms with Gasteiger partial charge < -0.3 is 24.6 Å². The molecular weight excluding hydrogens is 417 g/mol. The van der Waals surface area contributed by atoms with Crippen molar-refractivity contribution in [2.75, 3.05) is 19.0 Å². The van der Waals surface area contributed by atoms with E-state index in [-0.39, 0.29) is 6.54 Å². The molecule has 2 N–H and O–H groups in total. The zero-order valence-electron chi connectivity index (χ0n) is 17.0. The molecule has 0 aliphatic carbocycles. The number of nitrogens with zero attached hydrogens (tertiary/aromatic N) is 3. The lowest BCUT2D eigenvalue weighted by Gasteiger charge is -2.32. The summed E-state index contributed by atoms with van der Waals surface area (Å²) >= 11 is 0. The average molecular weight is 440 g/mol. The van der Waals surface area contributed by atoms with Gasteiger partial charge in [-0.05, 0) is 37.1 Å². The predicted molar refractivity (Wildman–Crippen MR) is 104 cm³/mol. The maximum Gasteiger partial charge on any atom is 0.425 e. The van der Waals surface area contributed by atoms with E-state index in [9.17, 15) is 27.9 Å². The number of ether oxygens (including phenoxy) is 1. The quantitative estimate of drug-likeness (QED) is 0.718. The smallest absolute Gasteiger partial charge is 0.425 e. The summed E-state index contributed by atoms with van der Waals surface area (Å²) in [6.45, 7) is 0.119. The van der Waals surface area contributed by atoms with Gasteiger partial charge in [-0.3, -0.25) is 9.59 Å². The lowest BCUT2D eigenvalue weighted by molar-refractivity contribution is -0.272. The van der Waals surface area contributed by atoms with Gasteiger partial charge in [0.2, 0.25) is 17.4 Å². The molecule has 1 fully saturated rings. The van der Waals surface area contributed by atoms with E-state index in [4.69, 9.17) is 4.74 Å². The van der Waals surface area contributed by atoms with Crippen LogP contribution in [0, 0.1) is 0 Å². The van der Waals surface area contributed by atoms with Gasteiger partial charge in [-0.15, -0.1) is 0 Å². The number of carbonyl (C=O) groups excluding carboxylic acids is 2. The van der Waals surface area contributed by atoms with Crippen molar-refractivity contribution in [1.82, 2.24) is 14.5 Å². The molecular formula is C20H23F3N4O4. The van der Waals surface area contributed by atoms with Crippen molar-refractivity contribution < 1.29 is 32.6 Å². The van der Waals surface area contributed by atoms with E-state index >= 15 is 0 Å². The second-order valence-electron chi connectivity index (χ2n) is 7.36. The van der Waals surface area contributed by atoms with Crippen LogP contribution in [0.2, 0.25) is 0 Å². The highest BCUT2D eigenvalue weighted by Gasteiger charge is 2.59. The first-order valence-electron chi connectivity index (χ1n) is 9.58. The van der Waals surface area contributed by atoms with Gasteiger partial charge in [-0.2, -0.15) is 13.2 Å². The number of rotatable bonds is 6. The average Bonchev–Trinajstić information content (AvgIpc) is 3.37. The molecule has 1 aromatic carbocycles. The highest BCUT2D eigenvalue weighted by molar-refractivity contribution is 5.97. The molecule has 2 aromatic rings. The molecule has 11 heteroatoms. The van der Waals surface area contributed by atoms with Crippen LogP contribution in [0.3, 0.4) is 0 Å². The molecule has 2 atom stereocenters. The number of aromatic nitrogens is 2. The Morgan fingerprint density at radius 3 is 2.52 bits per heavy atom. The number of anilines is 1. The minimum atomic E-state index is -5.14. The first-order chi connectivity index (χ1) is 14.6. The first kappa shape index (κ1) is 22.6. The Kier molecular flexibility index (Phi) is 6.25. The molecule has 31 heavy (non-hydrogen) atoms. The second kappa shape index (κ2) is 8.58. The molecule has 1 saturated heterocycles. The highest BCUT2D eigenvalue weighted by Crippen LogP contribution is 2.41. The van der Waals surface area contributed by atoms with Crippen molar-refractivity contribution in [2.24, 2.45) is 7.05 Å². The number of nitrogens with one attached hydrogen (secondary N) is 1. The standard InChI is InChI=1S/C20H23F3N4O4/c1-26-11-9-24-18(26)19(30,20(21,22)23)12-16(28)27-10-3-4-15(27)17(29)25-13-5-7-14(31-2)8-6-13/h5-9,11,15,30H,3-4,10,12H2,1-2H3,(H,25,29). The SMILES string of the molecule is COc1ccc(NC(=O)C2CCCN2C(=O)CC(O)(c2nccn2C)C(F)(F)F)cc1. The van der Waals surface area contributed by atoms with E-state index in [2.05, 4.69) is 10.3 Å². The van der Waals surface area contributed by atoms with E-state index < -0.39 is 41.9 Å². The molecule has 2 amide bonds. The van der Waals surface area contributed by atoms with Crippen molar-refractivity contribution >= 4 is 17.5 Å². The number of alkyl halides is 3. The summed E-state index contributed by atoms with van der Waals surface area (Å²) < 4.78 is 47.3. The Labute approximate surface area is 176 Å². The molecule has 1 aliphatic rings. The highest BCUT2D eigenvalue weighted by atomic mass is 19.4. The molecule has 1 aromatic heterocycles. The van der Waals surface area contributed by atoms with Crippen molar-refractivity contribution in [3.8, 4) is 5.75 Å². The van der Waals surface area contributed by atoms with Crippen molar-refractivity contribution in [3.63, 3.8) is 0 Å². The Morgan fingerprint density at radius 1 is 1.29 bits per heavy atom. The van der Waals surface area contributed by atoms with Crippen molar-refractivity contribution in [2.45, 2.75) is 37.1 Å². The third-order valence-electron chi connectivity index (χ3n) is 5.30. The number of halogens is 3. The van der Waals surface area contributed by atoms with Crippen LogP contribution >= 0.6 is 0 Å². The molecule has 2 heterocycles. The summed E-state index contributed by atoms with van der Waals surface area (Å²) in [6, 6.07) is 5.57. The largest absolute Gasteiger partial charge is 0.497 e. The van der Waals surface area contributed by atoms with Crippen LogP contribution in [0.4, 0.5) is 18.9 Å². The monoisotopic (exact) mass is 440 g/mol. The van der Waals surface area contributed by atoms with E-state index in [1.807, 2.05) is 0 Å². The van der Waals surface area contributed by atoms with E-state index in [0.29, 0.717) is 24.3 Å². The minimum absolute atomic E-state index is 0.119. The molecule has 2 unspecified atom stereocenters. The van der Waals surface area contributed by atoms with Crippen molar-refractivity contribution in [1.29, 1.82) is 0 Å². The summed E-state index contributed by atoms with van der Waals surface area (Å²) in [7, 11) is 2.80. The molecule has 1 aliphatic heterocycles. The Morgan fingerprint density at radius 2 is 1.97 bits per heavy atom. The molecule has 0 radical (unpaired) electrons. The van der Waals surface area contributed by atoms with E-state index in [1.165, 1.54) is 20.4 Å². The zero-order valence-corrected chi connectivity index (χ0v) is 17.0. The summed E-state index contributed by atoms with van der Waals surface area (Å²) in [6.07, 6.45) is -3.29. The number of carbonyl (C=O) groups is 2. The number of hydrogen-bond acceptors (Lipinski definition) is 5. The number of amides is 2. The van der Waals surface area contributed by atoms with Crippen LogP contribution in [0.15, 0.2) is 36.7 Å². The fourth-order valence-electron chi connectivity index (χ4n) is 3.63. The molecule has 3 rings (SSSR count). The molecule has 0 bridgehead atoms. The van der Waals surface area contributed by atoms with Gasteiger partial charge in [0.15, 0.2) is 5.82 Å². The number of imidazole rings is 1. The lowest BCUT2D eigenvalue weighted by atomic mass is 9.96. The third kappa shape index (κ3) is 4.50. The molecule has 0 spiro atoms. The number of methoxy groups -OCH3 is 1. The molecule has 0 saturated carbocycles. The van der Waals surface area contributed by atoms with Gasteiger partial charge in [0.05, 0.1) is 13.5 Å².